The van der Waals surface area contributed by atoms with Crippen LogP contribution in [0, 0.1) is 5.92 Å². The molecule has 2 N–H and O–H groups in total. The number of sulfonamides is 1. The zero-order valence-electron chi connectivity index (χ0n) is 15.0. The van der Waals surface area contributed by atoms with Gasteiger partial charge in [0.2, 0.25) is 10.0 Å². The van der Waals surface area contributed by atoms with Gasteiger partial charge in [0, 0.05) is 18.5 Å². The monoisotopic (exact) mass is 366 g/mol. The summed E-state index contributed by atoms with van der Waals surface area (Å²) in [7, 11) is -3.17. The fraction of sp³-hybridized carbons (Fsp3) is 0.684. The molecular weight excluding hydrogens is 336 g/mol. The molecule has 2 fully saturated rings. The van der Waals surface area contributed by atoms with E-state index in [1.807, 2.05) is 0 Å². The SMILES string of the molecule is CS(=O)(=O)NC1CCNCC1COC1CCC(c2ccccc2)CC1. The van der Waals surface area contributed by atoms with E-state index >= 15 is 0 Å². The van der Waals surface area contributed by atoms with Crippen molar-refractivity contribution in [2.75, 3.05) is 26.0 Å². The Kier molecular flexibility index (Phi) is 6.49. The lowest BCUT2D eigenvalue weighted by Gasteiger charge is -2.34. The van der Waals surface area contributed by atoms with Crippen molar-refractivity contribution in [3.8, 4) is 0 Å². The van der Waals surface area contributed by atoms with E-state index in [1.54, 1.807) is 0 Å². The predicted octanol–water partition coefficient (Wildman–Crippen LogP) is 2.26. The number of nitrogens with one attached hydrogen (secondary N) is 2. The summed E-state index contributed by atoms with van der Waals surface area (Å²) < 4.78 is 32.1. The van der Waals surface area contributed by atoms with E-state index in [4.69, 9.17) is 4.74 Å². The Morgan fingerprint density at radius 1 is 1.12 bits per heavy atom. The molecule has 140 valence electrons. The van der Waals surface area contributed by atoms with Crippen LogP contribution in [0.1, 0.15) is 43.6 Å². The summed E-state index contributed by atoms with van der Waals surface area (Å²) in [6.45, 7) is 2.29. The normalized spacial score (nSPS) is 30.9. The van der Waals surface area contributed by atoms with Gasteiger partial charge in [-0.05, 0) is 50.1 Å². The van der Waals surface area contributed by atoms with Crippen LogP contribution in [-0.2, 0) is 14.8 Å². The van der Waals surface area contributed by atoms with Crippen molar-refractivity contribution < 1.29 is 13.2 Å². The fourth-order valence-corrected chi connectivity index (χ4v) is 4.94. The van der Waals surface area contributed by atoms with Crippen LogP contribution in [0.4, 0.5) is 0 Å². The smallest absolute Gasteiger partial charge is 0.208 e. The van der Waals surface area contributed by atoms with Gasteiger partial charge in [-0.25, -0.2) is 13.1 Å². The van der Waals surface area contributed by atoms with Crippen LogP contribution in [0.15, 0.2) is 30.3 Å². The lowest BCUT2D eigenvalue weighted by atomic mass is 9.82. The zero-order chi connectivity index (χ0) is 17.7. The van der Waals surface area contributed by atoms with Gasteiger partial charge >= 0.3 is 0 Å². The molecule has 25 heavy (non-hydrogen) atoms. The molecule has 6 heteroatoms. The Morgan fingerprint density at radius 2 is 1.84 bits per heavy atom. The van der Waals surface area contributed by atoms with Crippen molar-refractivity contribution >= 4 is 10.0 Å². The average Bonchev–Trinajstić information content (AvgIpc) is 2.61. The second kappa shape index (κ2) is 8.62. The van der Waals surface area contributed by atoms with Crippen molar-refractivity contribution in [2.24, 2.45) is 5.92 Å². The molecule has 0 amide bonds. The second-order valence-electron chi connectivity index (χ2n) is 7.47. The molecule has 0 aromatic heterocycles. The Labute approximate surface area is 151 Å². The Bertz CT molecular complexity index is 627. The number of hydrogen-bond donors (Lipinski definition) is 2. The molecule has 0 spiro atoms. The van der Waals surface area contributed by atoms with E-state index < -0.39 is 10.0 Å². The molecule has 2 aliphatic rings. The highest BCUT2D eigenvalue weighted by molar-refractivity contribution is 7.88. The highest BCUT2D eigenvalue weighted by atomic mass is 32.2. The van der Waals surface area contributed by atoms with Crippen LogP contribution in [0.2, 0.25) is 0 Å². The minimum absolute atomic E-state index is 0.0168. The summed E-state index contributed by atoms with van der Waals surface area (Å²) in [5.74, 6) is 0.854. The van der Waals surface area contributed by atoms with E-state index in [0.717, 1.165) is 32.4 Å². The minimum Gasteiger partial charge on any atom is -0.378 e. The molecule has 1 aliphatic carbocycles. The topological polar surface area (TPSA) is 67.4 Å². The maximum absolute atomic E-state index is 11.5. The van der Waals surface area contributed by atoms with Gasteiger partial charge < -0.3 is 10.1 Å². The van der Waals surface area contributed by atoms with Crippen molar-refractivity contribution in [1.82, 2.24) is 10.0 Å². The highest BCUT2D eigenvalue weighted by Gasteiger charge is 2.29. The van der Waals surface area contributed by atoms with Gasteiger partial charge in [-0.3, -0.25) is 0 Å². The molecule has 1 aromatic carbocycles. The minimum atomic E-state index is -3.17. The zero-order valence-corrected chi connectivity index (χ0v) is 15.8. The average molecular weight is 367 g/mol. The molecule has 5 nitrogen and oxygen atoms in total. The van der Waals surface area contributed by atoms with Gasteiger partial charge in [0.15, 0.2) is 0 Å². The lowest BCUT2D eigenvalue weighted by Crippen LogP contribution is -2.51. The summed E-state index contributed by atoms with van der Waals surface area (Å²) in [6, 6.07) is 10.7. The first-order valence-corrected chi connectivity index (χ1v) is 11.2. The standard InChI is InChI=1S/C19H30N2O3S/c1-25(22,23)21-19-11-12-20-13-17(19)14-24-18-9-7-16(8-10-18)15-5-3-2-4-6-15/h2-6,16-21H,7-14H2,1H3. The van der Waals surface area contributed by atoms with Crippen LogP contribution >= 0.6 is 0 Å². The number of hydrogen-bond acceptors (Lipinski definition) is 4. The Morgan fingerprint density at radius 3 is 2.52 bits per heavy atom. The van der Waals surface area contributed by atoms with E-state index in [9.17, 15) is 8.42 Å². The molecule has 0 radical (unpaired) electrons. The van der Waals surface area contributed by atoms with Crippen LogP contribution in [0.3, 0.4) is 0 Å². The van der Waals surface area contributed by atoms with E-state index in [0.29, 0.717) is 18.6 Å². The molecule has 2 atom stereocenters. The van der Waals surface area contributed by atoms with Crippen LogP contribution in [0.5, 0.6) is 0 Å². The van der Waals surface area contributed by atoms with Gasteiger partial charge in [-0.15, -0.1) is 0 Å². The van der Waals surface area contributed by atoms with E-state index in [2.05, 4.69) is 40.4 Å². The first-order chi connectivity index (χ1) is 12.0. The molecule has 0 bridgehead atoms. The van der Waals surface area contributed by atoms with Crippen LogP contribution < -0.4 is 10.0 Å². The van der Waals surface area contributed by atoms with Gasteiger partial charge in [0.05, 0.1) is 19.0 Å². The number of piperidine rings is 1. The first kappa shape index (κ1) is 18.8. The molecule has 1 heterocycles. The summed E-state index contributed by atoms with van der Waals surface area (Å²) in [4.78, 5) is 0. The molecule has 1 aromatic rings. The summed E-state index contributed by atoms with van der Waals surface area (Å²) >= 11 is 0. The van der Waals surface area contributed by atoms with Crippen LogP contribution in [0.25, 0.3) is 0 Å². The Balaban J connectivity index is 1.45. The van der Waals surface area contributed by atoms with Gasteiger partial charge in [-0.2, -0.15) is 0 Å². The fourth-order valence-electron chi connectivity index (χ4n) is 4.08. The second-order valence-corrected chi connectivity index (χ2v) is 9.25. The molecule has 1 saturated carbocycles. The van der Waals surface area contributed by atoms with Crippen molar-refractivity contribution in [3.05, 3.63) is 35.9 Å². The summed E-state index contributed by atoms with van der Waals surface area (Å²) in [5, 5.41) is 3.35. The quantitative estimate of drug-likeness (QED) is 0.810. The molecule has 2 unspecified atom stereocenters. The van der Waals surface area contributed by atoms with Crippen LogP contribution in [-0.4, -0.2) is 46.5 Å². The predicted molar refractivity (Wildman–Crippen MR) is 100 cm³/mol. The van der Waals surface area contributed by atoms with Crippen molar-refractivity contribution in [3.63, 3.8) is 0 Å². The van der Waals surface area contributed by atoms with E-state index in [1.165, 1.54) is 24.7 Å². The van der Waals surface area contributed by atoms with Gasteiger partial charge in [0.1, 0.15) is 0 Å². The molecule has 3 rings (SSSR count). The van der Waals surface area contributed by atoms with Crippen molar-refractivity contribution in [2.45, 2.75) is 50.2 Å². The van der Waals surface area contributed by atoms with Crippen molar-refractivity contribution in [1.29, 1.82) is 0 Å². The number of ether oxygens (including phenoxy) is 1. The number of rotatable bonds is 6. The summed E-state index contributed by atoms with van der Waals surface area (Å²) in [5.41, 5.74) is 1.44. The van der Waals surface area contributed by atoms with Gasteiger partial charge in [0.25, 0.3) is 0 Å². The summed E-state index contributed by atoms with van der Waals surface area (Å²) in [6.07, 6.45) is 6.87. The third-order valence-corrected chi connectivity index (χ3v) is 6.20. The molecular formula is C19H30N2O3S. The van der Waals surface area contributed by atoms with Gasteiger partial charge in [-0.1, -0.05) is 30.3 Å². The number of benzene rings is 1. The van der Waals surface area contributed by atoms with E-state index in [-0.39, 0.29) is 12.0 Å². The maximum Gasteiger partial charge on any atom is 0.208 e. The Hall–Kier alpha value is -0.950. The third kappa shape index (κ3) is 5.78. The maximum atomic E-state index is 11.5. The molecule has 1 aliphatic heterocycles. The first-order valence-electron chi connectivity index (χ1n) is 9.36. The third-order valence-electron chi connectivity index (χ3n) is 5.46. The highest BCUT2D eigenvalue weighted by Crippen LogP contribution is 2.34. The lowest BCUT2D eigenvalue weighted by molar-refractivity contribution is -0.00402. The molecule has 1 saturated heterocycles. The largest absolute Gasteiger partial charge is 0.378 e.